The molecule has 0 radical (unpaired) electrons. The van der Waals surface area contributed by atoms with Crippen molar-refractivity contribution >= 4 is 5.71 Å². The van der Waals surface area contributed by atoms with Crippen LogP contribution in [0.5, 0.6) is 0 Å². The van der Waals surface area contributed by atoms with E-state index in [1.54, 1.807) is 0 Å². The maximum atomic E-state index is 6.15. The van der Waals surface area contributed by atoms with Gasteiger partial charge >= 0.3 is 0 Å². The van der Waals surface area contributed by atoms with Crippen molar-refractivity contribution in [1.29, 1.82) is 0 Å². The molecule has 0 bridgehead atoms. The molecule has 1 atom stereocenters. The zero-order chi connectivity index (χ0) is 10.7. The standard InChI is InChI=1S/C13H22N2/c1-2-3-6-10-9-12(14)11-7-4-5-8-13(11)15-10/h10H,2-9,14H2,1H3. The van der Waals surface area contributed by atoms with Gasteiger partial charge in [-0.25, -0.2) is 0 Å². The highest BCUT2D eigenvalue weighted by molar-refractivity contribution is 6.02. The van der Waals surface area contributed by atoms with Crippen LogP contribution in [-0.4, -0.2) is 11.8 Å². The maximum Gasteiger partial charge on any atom is 0.0557 e. The zero-order valence-electron chi connectivity index (χ0n) is 9.76. The van der Waals surface area contributed by atoms with Crippen molar-refractivity contribution < 1.29 is 0 Å². The van der Waals surface area contributed by atoms with Crippen molar-refractivity contribution in [3.8, 4) is 0 Å². The van der Waals surface area contributed by atoms with Gasteiger partial charge in [0.1, 0.15) is 0 Å². The van der Waals surface area contributed by atoms with Gasteiger partial charge in [0.15, 0.2) is 0 Å². The zero-order valence-corrected chi connectivity index (χ0v) is 9.76. The Kier molecular flexibility index (Phi) is 3.45. The molecule has 1 fully saturated rings. The van der Waals surface area contributed by atoms with E-state index in [-0.39, 0.29) is 0 Å². The van der Waals surface area contributed by atoms with Crippen molar-refractivity contribution in [2.75, 3.05) is 0 Å². The first-order chi connectivity index (χ1) is 7.31. The number of fused-ring (bicyclic) bond motifs is 1. The van der Waals surface area contributed by atoms with E-state index < -0.39 is 0 Å². The summed E-state index contributed by atoms with van der Waals surface area (Å²) >= 11 is 0. The third-order valence-electron chi connectivity index (χ3n) is 3.51. The smallest absolute Gasteiger partial charge is 0.0557 e. The van der Waals surface area contributed by atoms with Crippen molar-refractivity contribution in [2.45, 2.75) is 64.3 Å². The number of nitrogens with two attached hydrogens (primary N) is 1. The number of aliphatic imine (C=N–C) groups is 1. The van der Waals surface area contributed by atoms with E-state index in [2.05, 4.69) is 6.92 Å². The first-order valence-corrected chi connectivity index (χ1v) is 6.35. The first-order valence-electron chi connectivity index (χ1n) is 6.35. The number of hydrogen-bond acceptors (Lipinski definition) is 2. The third kappa shape index (κ3) is 2.42. The summed E-state index contributed by atoms with van der Waals surface area (Å²) in [4.78, 5) is 4.87. The molecule has 0 aromatic heterocycles. The summed E-state index contributed by atoms with van der Waals surface area (Å²) in [6.07, 6.45) is 9.71. The predicted molar refractivity (Wildman–Crippen MR) is 65.0 cm³/mol. The molecule has 84 valence electrons. The topological polar surface area (TPSA) is 38.4 Å². The fraction of sp³-hybridized carbons (Fsp3) is 0.769. The van der Waals surface area contributed by atoms with E-state index in [1.165, 1.54) is 56.2 Å². The molecule has 1 aliphatic carbocycles. The largest absolute Gasteiger partial charge is 0.402 e. The second kappa shape index (κ2) is 4.82. The molecule has 1 saturated carbocycles. The Morgan fingerprint density at radius 2 is 2.13 bits per heavy atom. The van der Waals surface area contributed by atoms with Gasteiger partial charge < -0.3 is 5.73 Å². The summed E-state index contributed by atoms with van der Waals surface area (Å²) in [5, 5.41) is 0. The Morgan fingerprint density at radius 1 is 1.33 bits per heavy atom. The van der Waals surface area contributed by atoms with Crippen LogP contribution < -0.4 is 5.73 Å². The molecule has 2 aliphatic rings. The monoisotopic (exact) mass is 206 g/mol. The Bertz CT molecular complexity index is 289. The van der Waals surface area contributed by atoms with Gasteiger partial charge in [-0.1, -0.05) is 19.8 Å². The molecular weight excluding hydrogens is 184 g/mol. The van der Waals surface area contributed by atoms with Crippen molar-refractivity contribution in [3.63, 3.8) is 0 Å². The van der Waals surface area contributed by atoms with Crippen LogP contribution in [0.3, 0.4) is 0 Å². The van der Waals surface area contributed by atoms with E-state index in [1.807, 2.05) is 0 Å². The highest BCUT2D eigenvalue weighted by Gasteiger charge is 2.23. The minimum absolute atomic E-state index is 0.488. The molecule has 2 heteroatoms. The normalized spacial score (nSPS) is 26.2. The molecule has 0 spiro atoms. The molecule has 2 N–H and O–H groups in total. The van der Waals surface area contributed by atoms with Crippen LogP contribution in [0.2, 0.25) is 0 Å². The Balaban J connectivity index is 2.05. The van der Waals surface area contributed by atoms with Gasteiger partial charge in [-0.2, -0.15) is 0 Å². The highest BCUT2D eigenvalue weighted by Crippen LogP contribution is 2.30. The van der Waals surface area contributed by atoms with Crippen molar-refractivity contribution in [3.05, 3.63) is 11.3 Å². The highest BCUT2D eigenvalue weighted by atomic mass is 14.8. The second-order valence-electron chi connectivity index (χ2n) is 4.79. The molecule has 1 aliphatic heterocycles. The van der Waals surface area contributed by atoms with Crippen LogP contribution in [0.4, 0.5) is 0 Å². The lowest BCUT2D eigenvalue weighted by molar-refractivity contribution is 0.553. The van der Waals surface area contributed by atoms with Crippen molar-refractivity contribution in [2.24, 2.45) is 10.7 Å². The average Bonchev–Trinajstić information content (AvgIpc) is 2.26. The van der Waals surface area contributed by atoms with E-state index in [0.29, 0.717) is 6.04 Å². The molecule has 1 heterocycles. The molecule has 0 aromatic rings. The molecule has 0 saturated heterocycles. The Morgan fingerprint density at radius 3 is 2.93 bits per heavy atom. The number of allylic oxidation sites excluding steroid dienone is 1. The SMILES string of the molecule is CCCCC1CC(N)=C2CCCCC2=N1. The number of nitrogens with zero attached hydrogens (tertiary/aromatic N) is 1. The van der Waals surface area contributed by atoms with Crippen LogP contribution in [0.15, 0.2) is 16.3 Å². The predicted octanol–water partition coefficient (Wildman–Crippen LogP) is 3.18. The average molecular weight is 206 g/mol. The lowest BCUT2D eigenvalue weighted by Crippen LogP contribution is -2.25. The summed E-state index contributed by atoms with van der Waals surface area (Å²) in [7, 11) is 0. The van der Waals surface area contributed by atoms with Gasteiger partial charge in [-0.3, -0.25) is 4.99 Å². The lowest BCUT2D eigenvalue weighted by atomic mass is 9.86. The second-order valence-corrected chi connectivity index (χ2v) is 4.79. The third-order valence-corrected chi connectivity index (χ3v) is 3.51. The van der Waals surface area contributed by atoms with E-state index in [4.69, 9.17) is 10.7 Å². The number of rotatable bonds is 3. The van der Waals surface area contributed by atoms with Crippen LogP contribution in [0, 0.1) is 0 Å². The summed E-state index contributed by atoms with van der Waals surface area (Å²) < 4.78 is 0. The van der Waals surface area contributed by atoms with Gasteiger partial charge in [0, 0.05) is 17.8 Å². The summed E-state index contributed by atoms with van der Waals surface area (Å²) in [6.45, 7) is 2.24. The summed E-state index contributed by atoms with van der Waals surface area (Å²) in [5.41, 5.74) is 10.0. The maximum absolute atomic E-state index is 6.15. The minimum atomic E-state index is 0.488. The Hall–Kier alpha value is -0.790. The molecule has 0 amide bonds. The van der Waals surface area contributed by atoms with Crippen LogP contribution in [0.1, 0.15) is 58.3 Å². The van der Waals surface area contributed by atoms with Crippen molar-refractivity contribution in [1.82, 2.24) is 0 Å². The molecule has 2 rings (SSSR count). The van der Waals surface area contributed by atoms with Crippen LogP contribution in [-0.2, 0) is 0 Å². The molecule has 2 nitrogen and oxygen atoms in total. The lowest BCUT2D eigenvalue weighted by Gasteiger charge is -2.27. The number of unbranched alkanes of at least 4 members (excludes halogenated alkanes) is 1. The van der Waals surface area contributed by atoms with Gasteiger partial charge in [0.05, 0.1) is 6.04 Å². The fourth-order valence-corrected chi connectivity index (χ4v) is 2.63. The molecular formula is C13H22N2. The van der Waals surface area contributed by atoms with Crippen LogP contribution in [0.25, 0.3) is 0 Å². The molecule has 15 heavy (non-hydrogen) atoms. The van der Waals surface area contributed by atoms with Gasteiger partial charge in [-0.05, 0) is 37.7 Å². The number of hydrogen-bond donors (Lipinski definition) is 1. The van der Waals surface area contributed by atoms with E-state index in [9.17, 15) is 0 Å². The van der Waals surface area contributed by atoms with Crippen LogP contribution >= 0.6 is 0 Å². The Labute approximate surface area is 92.7 Å². The summed E-state index contributed by atoms with van der Waals surface area (Å²) in [6, 6.07) is 0.488. The van der Waals surface area contributed by atoms with Gasteiger partial charge in [0.25, 0.3) is 0 Å². The van der Waals surface area contributed by atoms with Gasteiger partial charge in [-0.15, -0.1) is 0 Å². The van der Waals surface area contributed by atoms with E-state index >= 15 is 0 Å². The minimum Gasteiger partial charge on any atom is -0.402 e. The quantitative estimate of drug-likeness (QED) is 0.756. The molecule has 0 aromatic carbocycles. The van der Waals surface area contributed by atoms with E-state index in [0.717, 1.165) is 12.1 Å². The fourth-order valence-electron chi connectivity index (χ4n) is 2.63. The first kappa shape index (κ1) is 10.7. The number of dihydropyridines is 1. The summed E-state index contributed by atoms with van der Waals surface area (Å²) in [5.74, 6) is 0. The molecule has 1 unspecified atom stereocenters. The van der Waals surface area contributed by atoms with Gasteiger partial charge in [0.2, 0.25) is 0 Å².